The van der Waals surface area contributed by atoms with E-state index < -0.39 is 11.7 Å². The molecule has 0 saturated carbocycles. The molecule has 94 valence electrons. The minimum absolute atomic E-state index is 0.254. The lowest BCUT2D eigenvalue weighted by atomic mass is 9.95. The molecule has 0 fully saturated rings. The molecule has 1 aromatic heterocycles. The number of halogens is 3. The molecule has 0 aliphatic heterocycles. The fourth-order valence-electron chi connectivity index (χ4n) is 1.75. The first-order valence-electron chi connectivity index (χ1n) is 5.36. The molecule has 1 aromatic carbocycles. The molecule has 0 spiro atoms. The van der Waals surface area contributed by atoms with Gasteiger partial charge in [-0.1, -0.05) is 30.3 Å². The Morgan fingerprint density at radius 3 is 2.17 bits per heavy atom. The summed E-state index contributed by atoms with van der Waals surface area (Å²) in [6.07, 6.45) is -4.31. The summed E-state index contributed by atoms with van der Waals surface area (Å²) in [6.45, 7) is 1.12. The second kappa shape index (κ2) is 4.98. The lowest BCUT2D eigenvalue weighted by Gasteiger charge is -2.14. The molecular weight excluding hydrogens is 257 g/mol. The topological polar surface area (TPSA) is 0 Å². The fourth-order valence-corrected chi connectivity index (χ4v) is 2.40. The van der Waals surface area contributed by atoms with Gasteiger partial charge in [-0.15, -0.1) is 0 Å². The summed E-state index contributed by atoms with van der Waals surface area (Å²) in [5.41, 5.74) is 0.892. The van der Waals surface area contributed by atoms with Gasteiger partial charge in [0.15, 0.2) is 0 Å². The number of hydrogen-bond donors (Lipinski definition) is 0. The van der Waals surface area contributed by atoms with E-state index in [0.29, 0.717) is 11.1 Å². The first kappa shape index (κ1) is 12.9. The molecule has 0 atom stereocenters. The van der Waals surface area contributed by atoms with Crippen LogP contribution in [-0.2, 0) is 0 Å². The molecule has 0 saturated heterocycles. The number of rotatable bonds is 2. The van der Waals surface area contributed by atoms with Crippen LogP contribution in [0, 0.1) is 0 Å². The van der Waals surface area contributed by atoms with Gasteiger partial charge in [0.25, 0.3) is 0 Å². The van der Waals surface area contributed by atoms with Gasteiger partial charge in [0.2, 0.25) is 0 Å². The molecule has 0 radical (unpaired) electrons. The van der Waals surface area contributed by atoms with Gasteiger partial charge in [0, 0.05) is 5.57 Å². The predicted molar refractivity (Wildman–Crippen MR) is 68.5 cm³/mol. The molecule has 4 heteroatoms. The van der Waals surface area contributed by atoms with Crippen LogP contribution in [0.1, 0.15) is 18.1 Å². The summed E-state index contributed by atoms with van der Waals surface area (Å²) in [5.74, 6) is 0. The maximum atomic E-state index is 12.9. The Labute approximate surface area is 107 Å². The second-order valence-corrected chi connectivity index (χ2v) is 4.66. The van der Waals surface area contributed by atoms with Crippen molar-refractivity contribution < 1.29 is 13.2 Å². The van der Waals surface area contributed by atoms with E-state index in [1.54, 1.807) is 47.2 Å². The van der Waals surface area contributed by atoms with Gasteiger partial charge in [0.1, 0.15) is 0 Å². The van der Waals surface area contributed by atoms with Crippen molar-refractivity contribution in [3.63, 3.8) is 0 Å². The molecular formula is C14H11F3S. The van der Waals surface area contributed by atoms with Crippen LogP contribution in [0.3, 0.4) is 0 Å². The van der Waals surface area contributed by atoms with Gasteiger partial charge in [-0.05, 0) is 40.5 Å². The first-order chi connectivity index (χ1) is 8.50. The van der Waals surface area contributed by atoms with Crippen molar-refractivity contribution in [2.45, 2.75) is 13.1 Å². The van der Waals surface area contributed by atoms with Crippen molar-refractivity contribution in [2.75, 3.05) is 0 Å². The Kier molecular flexibility index (Phi) is 3.57. The van der Waals surface area contributed by atoms with Crippen molar-refractivity contribution in [3.8, 4) is 0 Å². The van der Waals surface area contributed by atoms with Gasteiger partial charge < -0.3 is 0 Å². The zero-order chi connectivity index (χ0) is 13.2. The monoisotopic (exact) mass is 268 g/mol. The van der Waals surface area contributed by atoms with Crippen LogP contribution in [0.15, 0.2) is 52.7 Å². The number of benzene rings is 1. The number of hydrogen-bond acceptors (Lipinski definition) is 1. The standard InChI is InChI=1S/C14H11F3S/c1-10(14(15,16)17)13(12-7-8-18-9-12)11-5-3-2-4-6-11/h2-9H,1H3/b13-10+. The number of allylic oxidation sites excluding steroid dienone is 1. The molecule has 2 rings (SSSR count). The fraction of sp³-hybridized carbons (Fsp3) is 0.143. The van der Waals surface area contributed by atoms with E-state index in [1.807, 2.05) is 0 Å². The third kappa shape index (κ3) is 2.64. The van der Waals surface area contributed by atoms with Crippen molar-refractivity contribution in [2.24, 2.45) is 0 Å². The number of alkyl halides is 3. The third-order valence-corrected chi connectivity index (χ3v) is 3.36. The quantitative estimate of drug-likeness (QED) is 0.708. The Morgan fingerprint density at radius 1 is 1.00 bits per heavy atom. The minimum Gasteiger partial charge on any atom is -0.166 e. The van der Waals surface area contributed by atoms with E-state index in [0.717, 1.165) is 6.92 Å². The maximum absolute atomic E-state index is 12.9. The molecule has 0 bridgehead atoms. The summed E-state index contributed by atoms with van der Waals surface area (Å²) in [7, 11) is 0. The van der Waals surface area contributed by atoms with E-state index in [9.17, 15) is 13.2 Å². The average Bonchev–Trinajstić information content (AvgIpc) is 2.83. The summed E-state index contributed by atoms with van der Waals surface area (Å²) in [6, 6.07) is 10.4. The van der Waals surface area contributed by atoms with Crippen LogP contribution < -0.4 is 0 Å². The average molecular weight is 268 g/mol. The van der Waals surface area contributed by atoms with Gasteiger partial charge in [0.05, 0.1) is 0 Å². The lowest BCUT2D eigenvalue weighted by Crippen LogP contribution is -2.11. The molecule has 0 N–H and O–H groups in total. The highest BCUT2D eigenvalue weighted by Gasteiger charge is 2.33. The second-order valence-electron chi connectivity index (χ2n) is 3.88. The predicted octanol–water partition coefficient (Wildman–Crippen LogP) is 5.13. The van der Waals surface area contributed by atoms with Crippen LogP contribution in [-0.4, -0.2) is 6.18 Å². The summed E-state index contributed by atoms with van der Waals surface area (Å²) < 4.78 is 38.8. The van der Waals surface area contributed by atoms with E-state index in [1.165, 1.54) is 11.3 Å². The summed E-state index contributed by atoms with van der Waals surface area (Å²) in [4.78, 5) is 0. The van der Waals surface area contributed by atoms with E-state index >= 15 is 0 Å². The molecule has 2 aromatic rings. The van der Waals surface area contributed by atoms with Gasteiger partial charge in [-0.3, -0.25) is 0 Å². The van der Waals surface area contributed by atoms with Gasteiger partial charge >= 0.3 is 6.18 Å². The van der Waals surface area contributed by atoms with Gasteiger partial charge in [-0.25, -0.2) is 0 Å². The minimum atomic E-state index is -4.31. The molecule has 0 unspecified atom stereocenters. The largest absolute Gasteiger partial charge is 0.413 e. The van der Waals surface area contributed by atoms with Crippen molar-refractivity contribution in [1.82, 2.24) is 0 Å². The van der Waals surface area contributed by atoms with Crippen LogP contribution in [0.5, 0.6) is 0 Å². The highest BCUT2D eigenvalue weighted by molar-refractivity contribution is 7.08. The third-order valence-electron chi connectivity index (χ3n) is 2.67. The normalized spacial score (nSPS) is 13.3. The SMILES string of the molecule is C/C(=C(/c1ccccc1)c1ccsc1)C(F)(F)F. The summed E-state index contributed by atoms with van der Waals surface area (Å²) >= 11 is 1.39. The van der Waals surface area contributed by atoms with Crippen LogP contribution in [0.4, 0.5) is 13.2 Å². The Bertz CT molecular complexity index is 536. The summed E-state index contributed by atoms with van der Waals surface area (Å²) in [5, 5.41) is 3.51. The van der Waals surface area contributed by atoms with Gasteiger partial charge in [-0.2, -0.15) is 24.5 Å². The first-order valence-corrected chi connectivity index (χ1v) is 6.30. The van der Waals surface area contributed by atoms with Crippen LogP contribution in [0.25, 0.3) is 5.57 Å². The Balaban J connectivity index is 2.63. The van der Waals surface area contributed by atoms with E-state index in [2.05, 4.69) is 0 Å². The maximum Gasteiger partial charge on any atom is 0.413 e. The van der Waals surface area contributed by atoms with Crippen molar-refractivity contribution >= 4 is 16.9 Å². The molecule has 0 aliphatic carbocycles. The molecule has 0 nitrogen and oxygen atoms in total. The molecule has 18 heavy (non-hydrogen) atoms. The lowest BCUT2D eigenvalue weighted by molar-refractivity contribution is -0.0906. The highest BCUT2D eigenvalue weighted by atomic mass is 32.1. The zero-order valence-corrected chi connectivity index (χ0v) is 10.5. The van der Waals surface area contributed by atoms with E-state index in [-0.39, 0.29) is 5.57 Å². The Morgan fingerprint density at radius 2 is 1.67 bits per heavy atom. The molecule has 0 amide bonds. The highest BCUT2D eigenvalue weighted by Crippen LogP contribution is 2.36. The van der Waals surface area contributed by atoms with Crippen LogP contribution >= 0.6 is 11.3 Å². The smallest absolute Gasteiger partial charge is 0.166 e. The van der Waals surface area contributed by atoms with Crippen molar-refractivity contribution in [1.29, 1.82) is 0 Å². The van der Waals surface area contributed by atoms with Crippen molar-refractivity contribution in [3.05, 3.63) is 63.9 Å². The zero-order valence-electron chi connectivity index (χ0n) is 9.66. The Hall–Kier alpha value is -1.55. The molecule has 0 aliphatic rings. The van der Waals surface area contributed by atoms with Crippen LogP contribution in [0.2, 0.25) is 0 Å². The number of thiophene rings is 1. The molecule has 1 heterocycles. The van der Waals surface area contributed by atoms with E-state index in [4.69, 9.17) is 0 Å².